The first-order chi connectivity index (χ1) is 14.1. The standard InChI is InChI=1S/C23H22N4O2/c1-14-24-23-25-19-12-17(15-8-10-18(29-2)11-9-15)13-20(28)21(19)22(27(23)26-14)16-6-4-3-5-7-16/h3-11,17,22H,12-13H2,1-2H3,(H,24,25,26)/t17-,22-/m1/s1. The van der Waals surface area contributed by atoms with Crippen molar-refractivity contribution in [2.45, 2.75) is 31.7 Å². The molecule has 2 aliphatic rings. The second-order valence-electron chi connectivity index (χ2n) is 7.56. The molecule has 29 heavy (non-hydrogen) atoms. The van der Waals surface area contributed by atoms with Gasteiger partial charge in [0.25, 0.3) is 0 Å². The molecule has 1 aliphatic heterocycles. The quantitative estimate of drug-likeness (QED) is 0.737. The van der Waals surface area contributed by atoms with Crippen molar-refractivity contribution in [3.05, 3.63) is 82.8 Å². The highest BCUT2D eigenvalue weighted by Gasteiger charge is 2.39. The van der Waals surface area contributed by atoms with Gasteiger partial charge >= 0.3 is 0 Å². The zero-order chi connectivity index (χ0) is 20.0. The molecular formula is C23H22N4O2. The van der Waals surface area contributed by atoms with Crippen molar-refractivity contribution >= 4 is 11.7 Å². The van der Waals surface area contributed by atoms with E-state index >= 15 is 0 Å². The van der Waals surface area contributed by atoms with Gasteiger partial charge in [-0.3, -0.25) is 4.79 Å². The Bertz CT molecular complexity index is 1100. The summed E-state index contributed by atoms with van der Waals surface area (Å²) in [6.07, 6.45) is 1.25. The Balaban J connectivity index is 1.57. The molecule has 0 saturated carbocycles. The molecule has 0 spiro atoms. The fourth-order valence-corrected chi connectivity index (χ4v) is 4.37. The van der Waals surface area contributed by atoms with Gasteiger partial charge in [0.05, 0.1) is 7.11 Å². The Morgan fingerprint density at radius 3 is 2.52 bits per heavy atom. The third kappa shape index (κ3) is 3.01. The Kier molecular flexibility index (Phi) is 4.19. The lowest BCUT2D eigenvalue weighted by molar-refractivity contribution is -0.116. The molecule has 5 rings (SSSR count). The number of fused-ring (bicyclic) bond motifs is 1. The number of anilines is 1. The van der Waals surface area contributed by atoms with Crippen LogP contribution in [0.25, 0.3) is 0 Å². The highest BCUT2D eigenvalue weighted by atomic mass is 16.5. The zero-order valence-electron chi connectivity index (χ0n) is 16.4. The van der Waals surface area contributed by atoms with Crippen LogP contribution in [0.4, 0.5) is 5.95 Å². The fraction of sp³-hybridized carbons (Fsp3) is 0.261. The predicted molar refractivity (Wildman–Crippen MR) is 110 cm³/mol. The topological polar surface area (TPSA) is 69.0 Å². The molecular weight excluding hydrogens is 364 g/mol. The molecule has 0 amide bonds. The second-order valence-corrected chi connectivity index (χ2v) is 7.56. The lowest BCUT2D eigenvalue weighted by Crippen LogP contribution is -2.33. The first-order valence-corrected chi connectivity index (χ1v) is 9.79. The minimum atomic E-state index is -0.243. The number of aromatic nitrogens is 3. The van der Waals surface area contributed by atoms with Crippen LogP contribution in [0.5, 0.6) is 5.75 Å². The molecule has 1 aliphatic carbocycles. The van der Waals surface area contributed by atoms with Crippen LogP contribution < -0.4 is 10.1 Å². The van der Waals surface area contributed by atoms with Gasteiger partial charge in [-0.25, -0.2) is 4.68 Å². The monoisotopic (exact) mass is 386 g/mol. The smallest absolute Gasteiger partial charge is 0.226 e. The molecule has 2 atom stereocenters. The average Bonchev–Trinajstić information content (AvgIpc) is 3.12. The number of rotatable bonds is 3. The third-order valence-corrected chi connectivity index (χ3v) is 5.73. The first kappa shape index (κ1) is 17.7. The van der Waals surface area contributed by atoms with Gasteiger partial charge in [0.15, 0.2) is 5.78 Å². The molecule has 6 nitrogen and oxygen atoms in total. The van der Waals surface area contributed by atoms with Crippen LogP contribution in [0.3, 0.4) is 0 Å². The lowest BCUT2D eigenvalue weighted by Gasteiger charge is -2.35. The van der Waals surface area contributed by atoms with E-state index in [-0.39, 0.29) is 17.7 Å². The summed E-state index contributed by atoms with van der Waals surface area (Å²) in [5.41, 5.74) is 3.95. The minimum absolute atomic E-state index is 0.131. The van der Waals surface area contributed by atoms with Gasteiger partial charge in [-0.2, -0.15) is 10.1 Å². The van der Waals surface area contributed by atoms with Gasteiger partial charge in [0, 0.05) is 17.7 Å². The van der Waals surface area contributed by atoms with Crippen LogP contribution in [0.2, 0.25) is 0 Å². The van der Waals surface area contributed by atoms with E-state index in [1.807, 2.05) is 66.2 Å². The number of benzene rings is 2. The van der Waals surface area contributed by atoms with Crippen LogP contribution in [0.1, 0.15) is 41.8 Å². The fourth-order valence-electron chi connectivity index (χ4n) is 4.37. The number of allylic oxidation sites excluding steroid dienone is 2. The molecule has 0 bridgehead atoms. The summed E-state index contributed by atoms with van der Waals surface area (Å²) in [6, 6.07) is 17.8. The van der Waals surface area contributed by atoms with E-state index < -0.39 is 0 Å². The number of hydrogen-bond acceptors (Lipinski definition) is 5. The number of ether oxygens (including phenoxy) is 1. The van der Waals surface area contributed by atoms with Crippen molar-refractivity contribution < 1.29 is 9.53 Å². The minimum Gasteiger partial charge on any atom is -0.497 e. The van der Waals surface area contributed by atoms with E-state index in [1.54, 1.807) is 7.11 Å². The molecule has 2 heterocycles. The summed E-state index contributed by atoms with van der Waals surface area (Å²) < 4.78 is 7.10. The predicted octanol–water partition coefficient (Wildman–Crippen LogP) is 4.01. The lowest BCUT2D eigenvalue weighted by atomic mass is 9.78. The molecule has 6 heteroatoms. The Morgan fingerprint density at radius 2 is 1.79 bits per heavy atom. The highest BCUT2D eigenvalue weighted by molar-refractivity contribution is 6.00. The van der Waals surface area contributed by atoms with Crippen molar-refractivity contribution in [1.29, 1.82) is 0 Å². The molecule has 0 unspecified atom stereocenters. The van der Waals surface area contributed by atoms with Gasteiger partial charge in [0.2, 0.25) is 5.95 Å². The number of ketones is 1. The van der Waals surface area contributed by atoms with Crippen LogP contribution in [0.15, 0.2) is 65.9 Å². The molecule has 0 fully saturated rings. The van der Waals surface area contributed by atoms with Crippen LogP contribution in [-0.4, -0.2) is 27.7 Å². The maximum Gasteiger partial charge on any atom is 0.226 e. The van der Waals surface area contributed by atoms with Crippen molar-refractivity contribution in [2.75, 3.05) is 12.4 Å². The van der Waals surface area contributed by atoms with Gasteiger partial charge in [-0.1, -0.05) is 42.5 Å². The number of Topliss-reactive ketones (excluding diaryl/α,β-unsaturated/α-hetero) is 1. The Morgan fingerprint density at radius 1 is 1.03 bits per heavy atom. The summed E-state index contributed by atoms with van der Waals surface area (Å²) in [5.74, 6) is 2.49. The number of methoxy groups -OCH3 is 1. The maximum atomic E-state index is 13.4. The number of nitrogens with zero attached hydrogens (tertiary/aromatic N) is 3. The second kappa shape index (κ2) is 6.88. The molecule has 3 aromatic rings. The zero-order valence-corrected chi connectivity index (χ0v) is 16.4. The average molecular weight is 386 g/mol. The van der Waals surface area contributed by atoms with Gasteiger partial charge in [-0.15, -0.1) is 0 Å². The van der Waals surface area contributed by atoms with Gasteiger partial charge in [0.1, 0.15) is 17.6 Å². The number of carbonyl (C=O) groups is 1. The Hall–Kier alpha value is -3.41. The SMILES string of the molecule is COc1ccc([C@H]2CC(=O)C3=C(C2)Nc2nc(C)nn2[C@@H]3c2ccccc2)cc1. The molecule has 146 valence electrons. The van der Waals surface area contributed by atoms with Crippen molar-refractivity contribution in [1.82, 2.24) is 14.8 Å². The number of nitrogens with one attached hydrogen (secondary N) is 1. The van der Waals surface area contributed by atoms with E-state index in [0.29, 0.717) is 18.2 Å². The maximum absolute atomic E-state index is 13.4. The van der Waals surface area contributed by atoms with E-state index in [0.717, 1.165) is 34.6 Å². The number of aryl methyl sites for hydroxylation is 1. The van der Waals surface area contributed by atoms with E-state index in [1.165, 1.54) is 0 Å². The van der Waals surface area contributed by atoms with Crippen molar-refractivity contribution in [2.24, 2.45) is 0 Å². The summed E-state index contributed by atoms with van der Waals surface area (Å²) in [6.45, 7) is 1.87. The van der Waals surface area contributed by atoms with E-state index in [9.17, 15) is 4.79 Å². The van der Waals surface area contributed by atoms with Gasteiger partial charge in [-0.05, 0) is 42.5 Å². The molecule has 2 aromatic carbocycles. The summed E-state index contributed by atoms with van der Waals surface area (Å²) in [4.78, 5) is 17.9. The summed E-state index contributed by atoms with van der Waals surface area (Å²) in [7, 11) is 1.66. The van der Waals surface area contributed by atoms with Crippen molar-refractivity contribution in [3.8, 4) is 5.75 Å². The Labute approximate surface area is 169 Å². The highest BCUT2D eigenvalue weighted by Crippen LogP contribution is 2.44. The third-order valence-electron chi connectivity index (χ3n) is 5.73. The molecule has 0 radical (unpaired) electrons. The van der Waals surface area contributed by atoms with Crippen LogP contribution in [-0.2, 0) is 4.79 Å². The summed E-state index contributed by atoms with van der Waals surface area (Å²) >= 11 is 0. The normalized spacial score (nSPS) is 20.7. The first-order valence-electron chi connectivity index (χ1n) is 9.79. The number of carbonyl (C=O) groups excluding carboxylic acids is 1. The molecule has 1 N–H and O–H groups in total. The van der Waals surface area contributed by atoms with E-state index in [2.05, 4.69) is 15.4 Å². The molecule has 0 saturated heterocycles. The van der Waals surface area contributed by atoms with Gasteiger partial charge < -0.3 is 10.1 Å². The molecule has 1 aromatic heterocycles. The van der Waals surface area contributed by atoms with Crippen LogP contribution >= 0.6 is 0 Å². The number of hydrogen-bond donors (Lipinski definition) is 1. The van der Waals surface area contributed by atoms with Crippen LogP contribution in [0, 0.1) is 6.92 Å². The summed E-state index contributed by atoms with van der Waals surface area (Å²) in [5, 5.41) is 7.97. The van der Waals surface area contributed by atoms with Crippen molar-refractivity contribution in [3.63, 3.8) is 0 Å². The van der Waals surface area contributed by atoms with E-state index in [4.69, 9.17) is 4.74 Å². The largest absolute Gasteiger partial charge is 0.497 e.